The molecular formula is C15H13FN4O2S. The molecule has 0 spiro atoms. The molecule has 0 aliphatic carbocycles. The highest BCUT2D eigenvalue weighted by Gasteiger charge is 2.19. The van der Waals surface area contributed by atoms with Crippen LogP contribution in [0.5, 0.6) is 0 Å². The predicted octanol–water partition coefficient (Wildman–Crippen LogP) is 2.52. The van der Waals surface area contributed by atoms with Crippen LogP contribution in [0.25, 0.3) is 5.69 Å². The molecule has 0 atom stereocenters. The third-order valence-electron chi connectivity index (χ3n) is 3.10. The number of rotatable bonds is 4. The molecule has 0 radical (unpaired) electrons. The van der Waals surface area contributed by atoms with E-state index in [2.05, 4.69) is 14.8 Å². The van der Waals surface area contributed by atoms with E-state index in [4.69, 9.17) is 0 Å². The molecule has 3 rings (SSSR count). The van der Waals surface area contributed by atoms with E-state index in [0.29, 0.717) is 5.69 Å². The highest BCUT2D eigenvalue weighted by Crippen LogP contribution is 2.22. The van der Waals surface area contributed by atoms with E-state index in [0.717, 1.165) is 0 Å². The smallest absolute Gasteiger partial charge is 0.263 e. The largest absolute Gasteiger partial charge is 0.264 e. The van der Waals surface area contributed by atoms with E-state index < -0.39 is 15.8 Å². The van der Waals surface area contributed by atoms with Gasteiger partial charge in [0.1, 0.15) is 22.2 Å². The lowest BCUT2D eigenvalue weighted by Crippen LogP contribution is -2.16. The zero-order valence-corrected chi connectivity index (χ0v) is 13.0. The molecular weight excluding hydrogens is 319 g/mol. The second-order valence-electron chi connectivity index (χ2n) is 4.83. The summed E-state index contributed by atoms with van der Waals surface area (Å²) in [5.74, 6) is -0.353. The minimum Gasteiger partial charge on any atom is -0.263 e. The van der Waals surface area contributed by atoms with Crippen LogP contribution in [0.4, 0.5) is 10.2 Å². The Kier molecular flexibility index (Phi) is 3.83. The maximum absolute atomic E-state index is 14.0. The van der Waals surface area contributed by atoms with Gasteiger partial charge in [0.15, 0.2) is 0 Å². The fourth-order valence-corrected chi connectivity index (χ4v) is 3.08. The maximum Gasteiger partial charge on any atom is 0.264 e. The van der Waals surface area contributed by atoms with Crippen molar-refractivity contribution in [2.45, 2.75) is 11.8 Å². The van der Waals surface area contributed by atoms with Crippen molar-refractivity contribution >= 4 is 15.8 Å². The van der Waals surface area contributed by atoms with Crippen molar-refractivity contribution in [1.82, 2.24) is 14.8 Å². The standard InChI is InChI=1S/C15H13FN4O2S/c1-11-9-15(19-23(21,22)12-5-4-8-17-10-12)20(18-11)14-7-3-2-6-13(14)16/h2-10,19H,1H3. The Hall–Kier alpha value is -2.74. The maximum atomic E-state index is 14.0. The van der Waals surface area contributed by atoms with Crippen molar-refractivity contribution in [2.24, 2.45) is 0 Å². The molecule has 3 aromatic rings. The van der Waals surface area contributed by atoms with Gasteiger partial charge >= 0.3 is 0 Å². The molecule has 2 aromatic heterocycles. The Morgan fingerprint density at radius 3 is 2.65 bits per heavy atom. The second-order valence-corrected chi connectivity index (χ2v) is 6.51. The average molecular weight is 332 g/mol. The van der Waals surface area contributed by atoms with Crippen LogP contribution in [-0.2, 0) is 10.0 Å². The van der Waals surface area contributed by atoms with E-state index in [9.17, 15) is 12.8 Å². The quantitative estimate of drug-likeness (QED) is 0.796. The third-order valence-corrected chi connectivity index (χ3v) is 4.44. The number of hydrogen-bond acceptors (Lipinski definition) is 4. The number of aryl methyl sites for hydroxylation is 1. The second kappa shape index (κ2) is 5.81. The number of halogens is 1. The number of benzene rings is 1. The van der Waals surface area contributed by atoms with Crippen molar-refractivity contribution in [2.75, 3.05) is 4.72 Å². The lowest BCUT2D eigenvalue weighted by molar-refractivity contribution is 0.598. The first-order valence-corrected chi connectivity index (χ1v) is 8.20. The van der Waals surface area contributed by atoms with Gasteiger partial charge in [-0.3, -0.25) is 9.71 Å². The summed E-state index contributed by atoms with van der Waals surface area (Å²) in [6.45, 7) is 1.69. The van der Waals surface area contributed by atoms with E-state index in [-0.39, 0.29) is 16.4 Å². The van der Waals surface area contributed by atoms with Crippen molar-refractivity contribution in [3.63, 3.8) is 0 Å². The molecule has 0 bridgehead atoms. The number of nitrogens with one attached hydrogen (secondary N) is 1. The predicted molar refractivity (Wildman–Crippen MR) is 83.3 cm³/mol. The third kappa shape index (κ3) is 3.07. The first-order chi connectivity index (χ1) is 11.0. The fourth-order valence-electron chi connectivity index (χ4n) is 2.08. The first kappa shape index (κ1) is 15.2. The molecule has 0 aliphatic rings. The van der Waals surface area contributed by atoms with Crippen LogP contribution in [0.1, 0.15) is 5.69 Å². The lowest BCUT2D eigenvalue weighted by atomic mass is 10.3. The van der Waals surface area contributed by atoms with Gasteiger partial charge in [-0.1, -0.05) is 12.1 Å². The van der Waals surface area contributed by atoms with Gasteiger partial charge in [0.05, 0.1) is 5.69 Å². The van der Waals surface area contributed by atoms with Crippen molar-refractivity contribution < 1.29 is 12.8 Å². The number of aromatic nitrogens is 3. The van der Waals surface area contributed by atoms with Gasteiger partial charge in [0.2, 0.25) is 0 Å². The topological polar surface area (TPSA) is 76.9 Å². The molecule has 0 saturated heterocycles. The minimum absolute atomic E-state index is 0.0129. The van der Waals surface area contributed by atoms with Gasteiger partial charge < -0.3 is 0 Å². The molecule has 0 aliphatic heterocycles. The fraction of sp³-hybridized carbons (Fsp3) is 0.0667. The summed E-state index contributed by atoms with van der Waals surface area (Å²) in [4.78, 5) is 3.80. The molecule has 118 valence electrons. The van der Waals surface area contributed by atoms with Crippen LogP contribution >= 0.6 is 0 Å². The van der Waals surface area contributed by atoms with Gasteiger partial charge in [-0.2, -0.15) is 5.10 Å². The Morgan fingerprint density at radius 2 is 1.96 bits per heavy atom. The van der Waals surface area contributed by atoms with E-state index in [1.807, 2.05) is 0 Å². The Bertz CT molecular complexity index is 939. The number of para-hydroxylation sites is 1. The molecule has 2 heterocycles. The SMILES string of the molecule is Cc1cc(NS(=O)(=O)c2cccnc2)n(-c2ccccc2F)n1. The van der Waals surface area contributed by atoms with Gasteiger partial charge in [-0.05, 0) is 31.2 Å². The van der Waals surface area contributed by atoms with Crippen LogP contribution in [0.2, 0.25) is 0 Å². The lowest BCUT2D eigenvalue weighted by Gasteiger charge is -2.11. The van der Waals surface area contributed by atoms with E-state index in [1.165, 1.54) is 47.4 Å². The summed E-state index contributed by atoms with van der Waals surface area (Å²) in [6, 6.07) is 10.5. The minimum atomic E-state index is -3.84. The average Bonchev–Trinajstić information content (AvgIpc) is 2.88. The number of hydrogen-bond donors (Lipinski definition) is 1. The molecule has 0 saturated carbocycles. The summed E-state index contributed by atoms with van der Waals surface area (Å²) < 4.78 is 42.4. The number of sulfonamides is 1. The Labute approximate surface area is 132 Å². The van der Waals surface area contributed by atoms with Crippen LogP contribution in [0, 0.1) is 12.7 Å². The molecule has 0 unspecified atom stereocenters. The number of anilines is 1. The summed E-state index contributed by atoms with van der Waals surface area (Å²) >= 11 is 0. The van der Waals surface area contributed by atoms with Gasteiger partial charge in [-0.15, -0.1) is 0 Å². The molecule has 1 N–H and O–H groups in total. The van der Waals surface area contributed by atoms with Crippen LogP contribution in [-0.4, -0.2) is 23.2 Å². The van der Waals surface area contributed by atoms with Crippen LogP contribution < -0.4 is 4.72 Å². The normalized spacial score (nSPS) is 11.4. The monoisotopic (exact) mass is 332 g/mol. The first-order valence-electron chi connectivity index (χ1n) is 6.72. The highest BCUT2D eigenvalue weighted by molar-refractivity contribution is 7.92. The van der Waals surface area contributed by atoms with E-state index >= 15 is 0 Å². The Balaban J connectivity index is 2.04. The molecule has 0 fully saturated rings. The summed E-state index contributed by atoms with van der Waals surface area (Å²) in [6.07, 6.45) is 2.71. The van der Waals surface area contributed by atoms with Crippen molar-refractivity contribution in [3.8, 4) is 5.69 Å². The molecule has 0 amide bonds. The Morgan fingerprint density at radius 1 is 1.17 bits per heavy atom. The van der Waals surface area contributed by atoms with Crippen molar-refractivity contribution in [1.29, 1.82) is 0 Å². The molecule has 8 heteroatoms. The van der Waals surface area contributed by atoms with Gasteiger partial charge in [-0.25, -0.2) is 17.5 Å². The molecule has 6 nitrogen and oxygen atoms in total. The number of pyridine rings is 1. The summed E-state index contributed by atoms with van der Waals surface area (Å²) in [5, 5.41) is 4.15. The zero-order valence-electron chi connectivity index (χ0n) is 12.1. The molecule has 1 aromatic carbocycles. The van der Waals surface area contributed by atoms with Crippen LogP contribution in [0.3, 0.4) is 0 Å². The molecule has 23 heavy (non-hydrogen) atoms. The zero-order chi connectivity index (χ0) is 16.4. The van der Waals surface area contributed by atoms with Crippen molar-refractivity contribution in [3.05, 3.63) is 66.4 Å². The number of nitrogens with zero attached hydrogens (tertiary/aromatic N) is 3. The van der Waals surface area contributed by atoms with E-state index in [1.54, 1.807) is 19.1 Å². The summed E-state index contributed by atoms with van der Waals surface area (Å²) in [7, 11) is -3.84. The van der Waals surface area contributed by atoms with Gasteiger partial charge in [0.25, 0.3) is 10.0 Å². The summed E-state index contributed by atoms with van der Waals surface area (Å²) in [5.41, 5.74) is 0.710. The van der Waals surface area contributed by atoms with Gasteiger partial charge in [0, 0.05) is 18.5 Å². The van der Waals surface area contributed by atoms with Crippen LogP contribution in [0.15, 0.2) is 59.8 Å². The highest BCUT2D eigenvalue weighted by atomic mass is 32.2.